The monoisotopic (exact) mass is 199 g/mol. The van der Waals surface area contributed by atoms with E-state index in [0.29, 0.717) is 0 Å². The minimum absolute atomic E-state index is 0.272. The third kappa shape index (κ3) is 3.79. The molecular weight excluding hydrogens is 182 g/mol. The van der Waals surface area contributed by atoms with Crippen LogP contribution in [0.25, 0.3) is 0 Å². The maximum Gasteiger partial charge on any atom is 0.329 e. The lowest BCUT2D eigenvalue weighted by molar-refractivity contribution is -0.131. The van der Waals surface area contributed by atoms with Crippen molar-refractivity contribution in [3.8, 4) is 0 Å². The number of nitrogens with zero attached hydrogens (tertiary/aromatic N) is 1. The van der Waals surface area contributed by atoms with E-state index < -0.39 is 5.97 Å². The van der Waals surface area contributed by atoms with E-state index in [2.05, 4.69) is 0 Å². The van der Waals surface area contributed by atoms with E-state index in [4.69, 9.17) is 9.84 Å². The van der Waals surface area contributed by atoms with Gasteiger partial charge in [-0.2, -0.15) is 0 Å². The first-order valence-corrected chi connectivity index (χ1v) is 4.99. The molecule has 0 radical (unpaired) electrons. The Hall–Kier alpha value is -1.03. The number of ether oxygens (including phenoxy) is 1. The Kier molecular flexibility index (Phi) is 4.46. The Morgan fingerprint density at radius 3 is 3.00 bits per heavy atom. The van der Waals surface area contributed by atoms with Crippen LogP contribution in [0.3, 0.4) is 0 Å². The molecule has 0 aromatic heterocycles. The van der Waals surface area contributed by atoms with Crippen molar-refractivity contribution in [3.05, 3.63) is 12.3 Å². The van der Waals surface area contributed by atoms with Crippen molar-refractivity contribution in [2.24, 2.45) is 0 Å². The molecule has 1 unspecified atom stereocenters. The summed E-state index contributed by atoms with van der Waals surface area (Å²) in [4.78, 5) is 12.3. The summed E-state index contributed by atoms with van der Waals surface area (Å²) in [7, 11) is 0. The van der Waals surface area contributed by atoms with Gasteiger partial charge in [0, 0.05) is 32.0 Å². The Balaban J connectivity index is 2.33. The molecular formula is C10H17NO3. The minimum atomic E-state index is -0.907. The zero-order valence-corrected chi connectivity index (χ0v) is 8.48. The predicted octanol–water partition coefficient (Wildman–Crippen LogP) is 1.09. The molecule has 4 heteroatoms. The first-order chi connectivity index (χ1) is 6.72. The first kappa shape index (κ1) is 11.0. The summed E-state index contributed by atoms with van der Waals surface area (Å²) < 4.78 is 5.47. The van der Waals surface area contributed by atoms with E-state index in [1.54, 1.807) is 6.20 Å². The highest BCUT2D eigenvalue weighted by molar-refractivity contribution is 5.79. The van der Waals surface area contributed by atoms with Gasteiger partial charge in [-0.1, -0.05) is 0 Å². The molecule has 0 saturated carbocycles. The van der Waals surface area contributed by atoms with E-state index in [-0.39, 0.29) is 6.10 Å². The lowest BCUT2D eigenvalue weighted by Gasteiger charge is -2.21. The third-order valence-electron chi connectivity index (χ3n) is 2.30. The molecule has 1 saturated heterocycles. The van der Waals surface area contributed by atoms with Gasteiger partial charge in [0.15, 0.2) is 0 Å². The Morgan fingerprint density at radius 2 is 2.50 bits per heavy atom. The molecule has 1 atom stereocenters. The summed E-state index contributed by atoms with van der Waals surface area (Å²) in [5, 5.41) is 8.47. The molecule has 1 rings (SSSR count). The zero-order chi connectivity index (χ0) is 10.4. The fraction of sp³-hybridized carbons (Fsp3) is 0.700. The predicted molar refractivity (Wildman–Crippen MR) is 53.0 cm³/mol. The van der Waals surface area contributed by atoms with E-state index in [0.717, 1.165) is 32.5 Å². The number of carboxylic acids is 1. The van der Waals surface area contributed by atoms with Crippen LogP contribution in [0.15, 0.2) is 12.3 Å². The highest BCUT2D eigenvalue weighted by Crippen LogP contribution is 2.13. The van der Waals surface area contributed by atoms with Crippen molar-refractivity contribution in [1.29, 1.82) is 0 Å². The first-order valence-electron chi connectivity index (χ1n) is 4.99. The van der Waals surface area contributed by atoms with E-state index in [1.807, 2.05) is 11.8 Å². The van der Waals surface area contributed by atoms with Crippen LogP contribution in [0.2, 0.25) is 0 Å². The quantitative estimate of drug-likeness (QED) is 0.673. The van der Waals surface area contributed by atoms with Gasteiger partial charge in [0.25, 0.3) is 0 Å². The normalized spacial score (nSPS) is 21.6. The highest BCUT2D eigenvalue weighted by atomic mass is 16.5. The second kappa shape index (κ2) is 5.65. The van der Waals surface area contributed by atoms with Gasteiger partial charge in [-0.05, 0) is 19.8 Å². The van der Waals surface area contributed by atoms with Gasteiger partial charge in [0.1, 0.15) is 0 Å². The molecule has 0 aliphatic carbocycles. The highest BCUT2D eigenvalue weighted by Gasteiger charge is 2.16. The Morgan fingerprint density at radius 1 is 1.71 bits per heavy atom. The van der Waals surface area contributed by atoms with Crippen LogP contribution in [0.1, 0.15) is 19.8 Å². The van der Waals surface area contributed by atoms with Crippen LogP contribution in [-0.2, 0) is 9.53 Å². The number of carboxylic acid groups (broad SMARTS) is 1. The molecule has 1 heterocycles. The standard InChI is InChI=1S/C10H17NO3/c1-2-11(6-5-10(12)13)8-9-4-3-7-14-9/h5-6,9H,2-4,7-8H2,1H3,(H,12,13). The average Bonchev–Trinajstić information content (AvgIpc) is 2.64. The molecule has 0 spiro atoms. The van der Waals surface area contributed by atoms with Crippen LogP contribution in [0, 0.1) is 0 Å². The second-order valence-electron chi connectivity index (χ2n) is 3.38. The summed E-state index contributed by atoms with van der Waals surface area (Å²) in [6, 6.07) is 0. The van der Waals surface area contributed by atoms with Crippen molar-refractivity contribution in [2.75, 3.05) is 19.7 Å². The summed E-state index contributed by atoms with van der Waals surface area (Å²) in [5.41, 5.74) is 0. The van der Waals surface area contributed by atoms with Crippen LogP contribution < -0.4 is 0 Å². The van der Waals surface area contributed by atoms with Crippen LogP contribution >= 0.6 is 0 Å². The molecule has 14 heavy (non-hydrogen) atoms. The van der Waals surface area contributed by atoms with E-state index in [9.17, 15) is 4.79 Å². The molecule has 0 aromatic carbocycles. The number of aliphatic carboxylic acids is 1. The zero-order valence-electron chi connectivity index (χ0n) is 8.48. The summed E-state index contributed by atoms with van der Waals surface area (Å²) in [6.07, 6.45) is 5.25. The third-order valence-corrected chi connectivity index (χ3v) is 2.30. The molecule has 1 N–H and O–H groups in total. The lowest BCUT2D eigenvalue weighted by atomic mass is 10.2. The van der Waals surface area contributed by atoms with Gasteiger partial charge < -0.3 is 14.7 Å². The topological polar surface area (TPSA) is 49.8 Å². The molecule has 0 amide bonds. The largest absolute Gasteiger partial charge is 0.478 e. The maximum absolute atomic E-state index is 10.3. The summed E-state index contributed by atoms with van der Waals surface area (Å²) in [6.45, 7) is 4.44. The summed E-state index contributed by atoms with van der Waals surface area (Å²) >= 11 is 0. The molecule has 1 fully saturated rings. The maximum atomic E-state index is 10.3. The summed E-state index contributed by atoms with van der Waals surface area (Å²) in [5.74, 6) is -0.907. The van der Waals surface area contributed by atoms with Gasteiger partial charge in [0.05, 0.1) is 6.10 Å². The van der Waals surface area contributed by atoms with Crippen LogP contribution in [-0.4, -0.2) is 41.8 Å². The number of carbonyl (C=O) groups is 1. The van der Waals surface area contributed by atoms with Crippen molar-refractivity contribution in [1.82, 2.24) is 4.90 Å². The average molecular weight is 199 g/mol. The van der Waals surface area contributed by atoms with Gasteiger partial charge in [0.2, 0.25) is 0 Å². The molecule has 1 aliphatic heterocycles. The fourth-order valence-corrected chi connectivity index (χ4v) is 1.51. The van der Waals surface area contributed by atoms with Crippen LogP contribution in [0.5, 0.6) is 0 Å². The van der Waals surface area contributed by atoms with Crippen molar-refractivity contribution in [2.45, 2.75) is 25.9 Å². The second-order valence-corrected chi connectivity index (χ2v) is 3.38. The molecule has 1 aliphatic rings. The lowest BCUT2D eigenvalue weighted by Crippen LogP contribution is -2.27. The van der Waals surface area contributed by atoms with Gasteiger partial charge in [-0.15, -0.1) is 0 Å². The van der Waals surface area contributed by atoms with E-state index >= 15 is 0 Å². The smallest absolute Gasteiger partial charge is 0.329 e. The number of hydrogen-bond donors (Lipinski definition) is 1. The van der Waals surface area contributed by atoms with Gasteiger partial charge in [-0.25, -0.2) is 4.79 Å². The van der Waals surface area contributed by atoms with Crippen LogP contribution in [0.4, 0.5) is 0 Å². The SMILES string of the molecule is CCN(C=CC(=O)O)CC1CCCO1. The molecule has 4 nitrogen and oxygen atoms in total. The molecule has 80 valence electrons. The number of rotatable bonds is 5. The van der Waals surface area contributed by atoms with Crippen molar-refractivity contribution in [3.63, 3.8) is 0 Å². The number of hydrogen-bond acceptors (Lipinski definition) is 3. The van der Waals surface area contributed by atoms with E-state index in [1.165, 1.54) is 6.08 Å². The van der Waals surface area contributed by atoms with Crippen molar-refractivity contribution < 1.29 is 14.6 Å². The minimum Gasteiger partial charge on any atom is -0.478 e. The Bertz CT molecular complexity index is 209. The fourth-order valence-electron chi connectivity index (χ4n) is 1.51. The van der Waals surface area contributed by atoms with Crippen molar-refractivity contribution >= 4 is 5.97 Å². The molecule has 0 bridgehead atoms. The molecule has 0 aromatic rings. The van der Waals surface area contributed by atoms with Gasteiger partial charge in [-0.3, -0.25) is 0 Å². The Labute approximate surface area is 84.2 Å². The number of likely N-dealkylation sites (N-methyl/N-ethyl adjacent to an activating group) is 1. The van der Waals surface area contributed by atoms with Gasteiger partial charge >= 0.3 is 5.97 Å².